The minimum Gasteiger partial charge on any atom is -0.382 e. The third kappa shape index (κ3) is 3.99. The van der Waals surface area contributed by atoms with Crippen molar-refractivity contribution in [2.75, 3.05) is 18.4 Å². The maximum atomic E-state index is 3.77. The summed E-state index contributed by atoms with van der Waals surface area (Å²) in [5.74, 6) is 0. The molecule has 0 bridgehead atoms. The zero-order chi connectivity index (χ0) is 13.6. The van der Waals surface area contributed by atoms with Crippen LogP contribution in [-0.4, -0.2) is 24.0 Å². The summed E-state index contributed by atoms with van der Waals surface area (Å²) in [7, 11) is 0. The van der Waals surface area contributed by atoms with Crippen molar-refractivity contribution in [1.29, 1.82) is 0 Å². The molecule has 1 aliphatic carbocycles. The zero-order valence-electron chi connectivity index (χ0n) is 12.6. The Balaban J connectivity index is 1.58. The number of rotatable bonds is 4. The number of likely N-dealkylation sites (tertiary alicyclic amines) is 1. The minimum absolute atomic E-state index is 0.694. The van der Waals surface area contributed by atoms with Gasteiger partial charge in [0, 0.05) is 18.3 Å². The summed E-state index contributed by atoms with van der Waals surface area (Å²) in [5, 5.41) is 3.77. The molecular formula is C18H28N2. The Labute approximate surface area is 123 Å². The summed E-state index contributed by atoms with van der Waals surface area (Å²) in [6, 6.07) is 9.78. The second-order valence-corrected chi connectivity index (χ2v) is 6.52. The van der Waals surface area contributed by atoms with Crippen LogP contribution < -0.4 is 5.32 Å². The minimum atomic E-state index is 0.694. The first-order chi connectivity index (χ1) is 9.90. The van der Waals surface area contributed by atoms with E-state index in [-0.39, 0.29) is 0 Å². The standard InChI is InChI=1S/C18H28N2/c1-2-4-10-17(9-3-1)19-18-11-7-8-16(14-18)15-20-12-5-6-13-20/h7-8,11,14,17,19H,1-6,9-10,12-13,15H2. The van der Waals surface area contributed by atoms with Gasteiger partial charge in [0.05, 0.1) is 0 Å². The van der Waals surface area contributed by atoms with E-state index in [1.807, 2.05) is 0 Å². The molecule has 0 unspecified atom stereocenters. The maximum Gasteiger partial charge on any atom is 0.0345 e. The van der Waals surface area contributed by atoms with Gasteiger partial charge in [0.25, 0.3) is 0 Å². The fraction of sp³-hybridized carbons (Fsp3) is 0.667. The molecule has 2 fully saturated rings. The van der Waals surface area contributed by atoms with Gasteiger partial charge in [0.15, 0.2) is 0 Å². The molecule has 1 saturated heterocycles. The van der Waals surface area contributed by atoms with Crippen LogP contribution in [0.5, 0.6) is 0 Å². The number of benzene rings is 1. The van der Waals surface area contributed by atoms with Gasteiger partial charge in [0.2, 0.25) is 0 Å². The van der Waals surface area contributed by atoms with Gasteiger partial charge in [-0.1, -0.05) is 37.8 Å². The number of nitrogens with zero attached hydrogens (tertiary/aromatic N) is 1. The van der Waals surface area contributed by atoms with Crippen LogP contribution in [0.1, 0.15) is 56.9 Å². The second-order valence-electron chi connectivity index (χ2n) is 6.52. The summed E-state index contributed by atoms with van der Waals surface area (Å²) < 4.78 is 0. The van der Waals surface area contributed by atoms with Crippen LogP contribution in [0.3, 0.4) is 0 Å². The first-order valence-corrected chi connectivity index (χ1v) is 8.48. The largest absolute Gasteiger partial charge is 0.382 e. The Morgan fingerprint density at radius 1 is 0.950 bits per heavy atom. The van der Waals surface area contributed by atoms with Gasteiger partial charge in [-0.2, -0.15) is 0 Å². The van der Waals surface area contributed by atoms with Crippen LogP contribution in [0.25, 0.3) is 0 Å². The molecule has 3 rings (SSSR count). The molecule has 0 aromatic heterocycles. The molecule has 1 N–H and O–H groups in total. The van der Waals surface area contributed by atoms with Crippen molar-refractivity contribution < 1.29 is 0 Å². The van der Waals surface area contributed by atoms with E-state index in [4.69, 9.17) is 0 Å². The highest BCUT2D eigenvalue weighted by molar-refractivity contribution is 5.46. The summed E-state index contributed by atoms with van der Waals surface area (Å²) >= 11 is 0. The fourth-order valence-electron chi connectivity index (χ4n) is 3.62. The summed E-state index contributed by atoms with van der Waals surface area (Å²) in [6.45, 7) is 3.68. The molecule has 110 valence electrons. The molecule has 2 nitrogen and oxygen atoms in total. The van der Waals surface area contributed by atoms with Gasteiger partial charge in [-0.3, -0.25) is 4.90 Å². The van der Waals surface area contributed by atoms with Crippen molar-refractivity contribution in [2.45, 2.75) is 64.0 Å². The lowest BCUT2D eigenvalue weighted by molar-refractivity contribution is 0.331. The van der Waals surface area contributed by atoms with E-state index >= 15 is 0 Å². The Morgan fingerprint density at radius 3 is 2.45 bits per heavy atom. The van der Waals surface area contributed by atoms with E-state index in [1.54, 1.807) is 0 Å². The van der Waals surface area contributed by atoms with Crippen LogP contribution >= 0.6 is 0 Å². The highest BCUT2D eigenvalue weighted by Gasteiger charge is 2.13. The van der Waals surface area contributed by atoms with Crippen molar-refractivity contribution in [2.24, 2.45) is 0 Å². The van der Waals surface area contributed by atoms with E-state index in [9.17, 15) is 0 Å². The molecule has 1 aromatic rings. The normalized spacial score (nSPS) is 21.8. The van der Waals surface area contributed by atoms with Gasteiger partial charge in [-0.25, -0.2) is 0 Å². The van der Waals surface area contributed by atoms with Crippen LogP contribution in [-0.2, 0) is 6.54 Å². The number of hydrogen-bond donors (Lipinski definition) is 1. The quantitative estimate of drug-likeness (QED) is 0.816. The first-order valence-electron chi connectivity index (χ1n) is 8.48. The van der Waals surface area contributed by atoms with E-state index < -0.39 is 0 Å². The SMILES string of the molecule is c1cc(CN2CCCC2)cc(NC2CCCCCC2)c1. The topological polar surface area (TPSA) is 15.3 Å². The highest BCUT2D eigenvalue weighted by Crippen LogP contribution is 2.22. The van der Waals surface area contributed by atoms with Gasteiger partial charge in [-0.15, -0.1) is 0 Å². The first kappa shape index (κ1) is 13.9. The summed E-state index contributed by atoms with van der Waals surface area (Å²) in [5.41, 5.74) is 2.79. The lowest BCUT2D eigenvalue weighted by Gasteiger charge is -2.19. The van der Waals surface area contributed by atoms with Crippen molar-refractivity contribution in [1.82, 2.24) is 4.90 Å². The van der Waals surface area contributed by atoms with Crippen LogP contribution in [0.15, 0.2) is 24.3 Å². The average molecular weight is 272 g/mol. The summed E-state index contributed by atoms with van der Waals surface area (Å²) in [4.78, 5) is 2.57. The molecule has 1 aromatic carbocycles. The molecule has 2 aliphatic rings. The van der Waals surface area contributed by atoms with Crippen LogP contribution in [0.4, 0.5) is 5.69 Å². The lowest BCUT2D eigenvalue weighted by Crippen LogP contribution is -2.20. The Hall–Kier alpha value is -1.02. The number of hydrogen-bond acceptors (Lipinski definition) is 2. The van der Waals surface area contributed by atoms with E-state index in [0.717, 1.165) is 6.54 Å². The van der Waals surface area contributed by atoms with Crippen LogP contribution in [0.2, 0.25) is 0 Å². The third-order valence-corrected chi connectivity index (χ3v) is 4.76. The monoisotopic (exact) mass is 272 g/mol. The fourth-order valence-corrected chi connectivity index (χ4v) is 3.62. The lowest BCUT2D eigenvalue weighted by atomic mass is 10.1. The molecule has 0 amide bonds. The molecule has 2 heteroatoms. The van der Waals surface area contributed by atoms with Crippen molar-refractivity contribution in [3.8, 4) is 0 Å². The van der Waals surface area contributed by atoms with E-state index in [1.165, 1.54) is 75.7 Å². The molecule has 1 heterocycles. The van der Waals surface area contributed by atoms with Gasteiger partial charge in [0.1, 0.15) is 0 Å². The average Bonchev–Trinajstić information content (AvgIpc) is 2.82. The van der Waals surface area contributed by atoms with Crippen molar-refractivity contribution in [3.05, 3.63) is 29.8 Å². The van der Waals surface area contributed by atoms with Gasteiger partial charge < -0.3 is 5.32 Å². The zero-order valence-corrected chi connectivity index (χ0v) is 12.6. The van der Waals surface area contributed by atoms with Crippen molar-refractivity contribution in [3.63, 3.8) is 0 Å². The smallest absolute Gasteiger partial charge is 0.0345 e. The van der Waals surface area contributed by atoms with E-state index in [2.05, 4.69) is 34.5 Å². The predicted molar refractivity (Wildman–Crippen MR) is 86.1 cm³/mol. The molecule has 1 aliphatic heterocycles. The number of anilines is 1. The summed E-state index contributed by atoms with van der Waals surface area (Å²) in [6.07, 6.45) is 11.1. The van der Waals surface area contributed by atoms with Gasteiger partial charge in [-0.05, 0) is 56.5 Å². The Bertz CT molecular complexity index is 402. The Kier molecular flexibility index (Phi) is 4.96. The maximum absolute atomic E-state index is 3.77. The molecule has 1 saturated carbocycles. The molecule has 0 spiro atoms. The van der Waals surface area contributed by atoms with Gasteiger partial charge >= 0.3 is 0 Å². The molecule has 0 radical (unpaired) electrons. The van der Waals surface area contributed by atoms with Crippen molar-refractivity contribution >= 4 is 5.69 Å². The molecule has 0 atom stereocenters. The molecular weight excluding hydrogens is 244 g/mol. The third-order valence-electron chi connectivity index (χ3n) is 4.76. The second kappa shape index (κ2) is 7.12. The highest BCUT2D eigenvalue weighted by atomic mass is 15.1. The Morgan fingerprint density at radius 2 is 1.70 bits per heavy atom. The molecule has 20 heavy (non-hydrogen) atoms. The predicted octanol–water partition coefficient (Wildman–Crippen LogP) is 4.42. The number of nitrogens with one attached hydrogen (secondary N) is 1. The van der Waals surface area contributed by atoms with E-state index in [0.29, 0.717) is 6.04 Å². The van der Waals surface area contributed by atoms with Crippen LogP contribution in [0, 0.1) is 0 Å².